The first-order valence-electron chi connectivity index (χ1n) is 8.85. The highest BCUT2D eigenvalue weighted by Gasteiger charge is 2.29. The minimum absolute atomic E-state index is 0.00301. The van der Waals surface area contributed by atoms with Crippen LogP contribution in [0.3, 0.4) is 0 Å². The Morgan fingerprint density at radius 1 is 1.29 bits per heavy atom. The van der Waals surface area contributed by atoms with E-state index >= 15 is 0 Å². The molecule has 0 radical (unpaired) electrons. The summed E-state index contributed by atoms with van der Waals surface area (Å²) in [6.07, 6.45) is 5.96. The molecule has 0 aromatic carbocycles. The van der Waals surface area contributed by atoms with Gasteiger partial charge in [-0.3, -0.25) is 9.69 Å². The van der Waals surface area contributed by atoms with Gasteiger partial charge >= 0.3 is 0 Å². The summed E-state index contributed by atoms with van der Waals surface area (Å²) in [4.78, 5) is 14.6. The maximum Gasteiger partial charge on any atom is 0.237 e. The number of nitrogens with zero attached hydrogens (tertiary/aromatic N) is 1. The molecule has 0 spiro atoms. The molecule has 1 aliphatic rings. The molecule has 21 heavy (non-hydrogen) atoms. The smallest absolute Gasteiger partial charge is 0.237 e. The second kappa shape index (κ2) is 10.2. The highest BCUT2D eigenvalue weighted by atomic mass is 16.2. The maximum atomic E-state index is 12.2. The molecule has 0 aliphatic carbocycles. The molecule has 0 saturated carbocycles. The van der Waals surface area contributed by atoms with Crippen LogP contribution < -0.4 is 10.6 Å². The first-order chi connectivity index (χ1) is 10.1. The largest absolute Gasteiger partial charge is 0.355 e. The Morgan fingerprint density at radius 2 is 2.05 bits per heavy atom. The molecular formula is C17H35N3O. The average molecular weight is 297 g/mol. The number of carbonyl (C=O) groups excluding carboxylic acids is 1. The Morgan fingerprint density at radius 3 is 2.71 bits per heavy atom. The SMILES string of the molecule is CCCCCNC(=O)C(C)N1CCCC(C(C)NCC)C1. The number of rotatable bonds is 9. The fourth-order valence-corrected chi connectivity index (χ4v) is 3.19. The molecule has 4 heteroatoms. The molecule has 1 fully saturated rings. The van der Waals surface area contributed by atoms with E-state index in [9.17, 15) is 4.79 Å². The van der Waals surface area contributed by atoms with Gasteiger partial charge in [-0.05, 0) is 52.1 Å². The van der Waals surface area contributed by atoms with E-state index in [1.54, 1.807) is 0 Å². The number of amides is 1. The van der Waals surface area contributed by atoms with Gasteiger partial charge in [0.15, 0.2) is 0 Å². The number of nitrogens with one attached hydrogen (secondary N) is 2. The zero-order chi connectivity index (χ0) is 15.7. The maximum absolute atomic E-state index is 12.2. The van der Waals surface area contributed by atoms with Crippen LogP contribution in [0.15, 0.2) is 0 Å². The molecule has 1 saturated heterocycles. The van der Waals surface area contributed by atoms with Crippen LogP contribution in [0.25, 0.3) is 0 Å². The fourth-order valence-electron chi connectivity index (χ4n) is 3.19. The van der Waals surface area contributed by atoms with Gasteiger partial charge in [-0.1, -0.05) is 26.7 Å². The molecule has 2 N–H and O–H groups in total. The zero-order valence-electron chi connectivity index (χ0n) is 14.5. The minimum Gasteiger partial charge on any atom is -0.355 e. The molecule has 1 rings (SSSR count). The molecule has 1 amide bonds. The van der Waals surface area contributed by atoms with Gasteiger partial charge in [0, 0.05) is 19.1 Å². The molecule has 1 aliphatic heterocycles. The van der Waals surface area contributed by atoms with Gasteiger partial charge in [-0.2, -0.15) is 0 Å². The predicted octanol–water partition coefficient (Wildman–Crippen LogP) is 2.39. The topological polar surface area (TPSA) is 44.4 Å². The number of carbonyl (C=O) groups is 1. The van der Waals surface area contributed by atoms with Crippen molar-refractivity contribution in [1.82, 2.24) is 15.5 Å². The van der Waals surface area contributed by atoms with Crippen LogP contribution in [0.4, 0.5) is 0 Å². The van der Waals surface area contributed by atoms with E-state index in [4.69, 9.17) is 0 Å². The minimum atomic E-state index is 0.00301. The van der Waals surface area contributed by atoms with Gasteiger partial charge in [0.1, 0.15) is 0 Å². The van der Waals surface area contributed by atoms with Gasteiger partial charge in [0.05, 0.1) is 6.04 Å². The molecule has 4 nitrogen and oxygen atoms in total. The van der Waals surface area contributed by atoms with Gasteiger partial charge in [-0.15, -0.1) is 0 Å². The van der Waals surface area contributed by atoms with Crippen LogP contribution in [0.2, 0.25) is 0 Å². The van der Waals surface area contributed by atoms with Crippen LogP contribution in [0.1, 0.15) is 59.8 Å². The van der Waals surface area contributed by atoms with Crippen molar-refractivity contribution in [3.05, 3.63) is 0 Å². The monoisotopic (exact) mass is 297 g/mol. The van der Waals surface area contributed by atoms with Crippen LogP contribution in [-0.4, -0.2) is 49.1 Å². The third-order valence-electron chi connectivity index (χ3n) is 4.73. The second-order valence-corrected chi connectivity index (χ2v) is 6.42. The molecule has 0 aromatic rings. The van der Waals surface area contributed by atoms with E-state index < -0.39 is 0 Å². The fraction of sp³-hybridized carbons (Fsp3) is 0.941. The van der Waals surface area contributed by atoms with Gasteiger partial charge in [0.2, 0.25) is 5.91 Å². The van der Waals surface area contributed by atoms with Crippen molar-refractivity contribution in [3.63, 3.8) is 0 Å². The van der Waals surface area contributed by atoms with Crippen molar-refractivity contribution in [2.45, 2.75) is 71.9 Å². The third kappa shape index (κ3) is 6.35. The van der Waals surface area contributed by atoms with Gasteiger partial charge in [-0.25, -0.2) is 0 Å². The van der Waals surface area contributed by atoms with Crippen molar-refractivity contribution in [1.29, 1.82) is 0 Å². The molecule has 3 unspecified atom stereocenters. The highest BCUT2D eigenvalue weighted by molar-refractivity contribution is 5.81. The Bertz CT molecular complexity index is 296. The lowest BCUT2D eigenvalue weighted by molar-refractivity contribution is -0.126. The van der Waals surface area contributed by atoms with Gasteiger partial charge < -0.3 is 10.6 Å². The Labute approximate surface area is 131 Å². The zero-order valence-corrected chi connectivity index (χ0v) is 14.5. The first-order valence-corrected chi connectivity index (χ1v) is 8.85. The average Bonchev–Trinajstić information content (AvgIpc) is 2.51. The lowest BCUT2D eigenvalue weighted by Crippen LogP contribution is -2.52. The van der Waals surface area contributed by atoms with Crippen LogP contribution in [-0.2, 0) is 4.79 Å². The van der Waals surface area contributed by atoms with E-state index in [0.29, 0.717) is 12.0 Å². The molecule has 124 valence electrons. The lowest BCUT2D eigenvalue weighted by atomic mass is 9.90. The first kappa shape index (κ1) is 18.4. The Hall–Kier alpha value is -0.610. The highest BCUT2D eigenvalue weighted by Crippen LogP contribution is 2.21. The van der Waals surface area contributed by atoms with Crippen molar-refractivity contribution >= 4 is 5.91 Å². The summed E-state index contributed by atoms with van der Waals surface area (Å²) < 4.78 is 0. The molecular weight excluding hydrogens is 262 g/mol. The Balaban J connectivity index is 2.38. The van der Waals surface area contributed by atoms with E-state index in [2.05, 4.69) is 43.2 Å². The van der Waals surface area contributed by atoms with E-state index in [1.807, 2.05) is 0 Å². The van der Waals surface area contributed by atoms with Crippen molar-refractivity contribution in [2.75, 3.05) is 26.2 Å². The summed E-state index contributed by atoms with van der Waals surface area (Å²) in [5.41, 5.74) is 0. The number of hydrogen-bond donors (Lipinski definition) is 2. The van der Waals surface area contributed by atoms with Crippen LogP contribution >= 0.6 is 0 Å². The predicted molar refractivity (Wildman–Crippen MR) is 89.4 cm³/mol. The number of piperidine rings is 1. The van der Waals surface area contributed by atoms with Crippen LogP contribution in [0, 0.1) is 5.92 Å². The van der Waals surface area contributed by atoms with E-state index in [1.165, 1.54) is 25.7 Å². The molecule has 1 heterocycles. The summed E-state index contributed by atoms with van der Waals surface area (Å²) in [5, 5.41) is 6.61. The summed E-state index contributed by atoms with van der Waals surface area (Å²) >= 11 is 0. The van der Waals surface area contributed by atoms with E-state index in [-0.39, 0.29) is 11.9 Å². The lowest BCUT2D eigenvalue weighted by Gasteiger charge is -2.38. The number of hydrogen-bond acceptors (Lipinski definition) is 3. The normalized spacial score (nSPS) is 22.8. The van der Waals surface area contributed by atoms with Gasteiger partial charge in [0.25, 0.3) is 0 Å². The molecule has 0 bridgehead atoms. The van der Waals surface area contributed by atoms with Crippen molar-refractivity contribution < 1.29 is 4.79 Å². The second-order valence-electron chi connectivity index (χ2n) is 6.42. The Kier molecular flexibility index (Phi) is 8.93. The molecule has 0 aromatic heterocycles. The van der Waals surface area contributed by atoms with Crippen molar-refractivity contribution in [3.8, 4) is 0 Å². The van der Waals surface area contributed by atoms with Crippen molar-refractivity contribution in [2.24, 2.45) is 5.92 Å². The number of likely N-dealkylation sites (tertiary alicyclic amines) is 1. The number of unbranched alkanes of at least 4 members (excludes halogenated alkanes) is 2. The van der Waals surface area contributed by atoms with E-state index in [0.717, 1.165) is 32.6 Å². The summed E-state index contributed by atoms with van der Waals surface area (Å²) in [6.45, 7) is 12.6. The van der Waals surface area contributed by atoms with Crippen LogP contribution in [0.5, 0.6) is 0 Å². The summed E-state index contributed by atoms with van der Waals surface area (Å²) in [7, 11) is 0. The third-order valence-corrected chi connectivity index (χ3v) is 4.73. The standard InChI is InChI=1S/C17H35N3O/c1-5-7-8-11-19-17(21)15(4)20-12-9-10-16(13-20)14(3)18-6-2/h14-16,18H,5-13H2,1-4H3,(H,19,21). The quantitative estimate of drug-likeness (QED) is 0.642. The molecule has 3 atom stereocenters. The summed E-state index contributed by atoms with van der Waals surface area (Å²) in [6, 6.07) is 0.542. The summed E-state index contributed by atoms with van der Waals surface area (Å²) in [5.74, 6) is 0.858.